The molecule has 0 saturated heterocycles. The third-order valence-corrected chi connectivity index (χ3v) is 2.89. The lowest BCUT2D eigenvalue weighted by molar-refractivity contribution is 0.648. The summed E-state index contributed by atoms with van der Waals surface area (Å²) in [5.74, 6) is 3.51. The van der Waals surface area contributed by atoms with Crippen molar-refractivity contribution in [2.45, 2.75) is 38.3 Å². The molecule has 1 aliphatic carbocycles. The number of benzene rings is 1. The molecule has 15 heavy (non-hydrogen) atoms. The minimum Gasteiger partial charge on any atom is -0.300 e. The molecule has 2 rings (SSSR count). The Morgan fingerprint density at radius 1 is 1.40 bits per heavy atom. The van der Waals surface area contributed by atoms with Crippen LogP contribution in [0.4, 0.5) is 0 Å². The second kappa shape index (κ2) is 4.51. The zero-order valence-electron chi connectivity index (χ0n) is 9.16. The fourth-order valence-corrected chi connectivity index (χ4v) is 1.65. The van der Waals surface area contributed by atoms with E-state index in [-0.39, 0.29) is 6.04 Å². The summed E-state index contributed by atoms with van der Waals surface area (Å²) < 4.78 is 0. The highest BCUT2D eigenvalue weighted by atomic mass is 14.9. The van der Waals surface area contributed by atoms with Gasteiger partial charge in [-0.3, -0.25) is 5.32 Å². The monoisotopic (exact) mass is 199 g/mol. The molecule has 1 N–H and O–H groups in total. The highest BCUT2D eigenvalue weighted by Gasteiger charge is 2.22. The van der Waals surface area contributed by atoms with Gasteiger partial charge in [-0.25, -0.2) is 0 Å². The Bertz CT molecular complexity index is 354. The van der Waals surface area contributed by atoms with Crippen molar-refractivity contribution in [2.75, 3.05) is 0 Å². The van der Waals surface area contributed by atoms with Gasteiger partial charge in [0.25, 0.3) is 0 Å². The smallest absolute Gasteiger partial charge is 0.0660 e. The van der Waals surface area contributed by atoms with Crippen LogP contribution in [0.5, 0.6) is 0 Å². The van der Waals surface area contributed by atoms with Crippen molar-refractivity contribution in [1.29, 1.82) is 0 Å². The third kappa shape index (κ3) is 2.84. The molecule has 78 valence electrons. The van der Waals surface area contributed by atoms with Crippen LogP contribution >= 0.6 is 0 Å². The van der Waals surface area contributed by atoms with Gasteiger partial charge >= 0.3 is 0 Å². The van der Waals surface area contributed by atoms with Gasteiger partial charge < -0.3 is 0 Å². The number of terminal acetylenes is 1. The molecule has 0 aliphatic heterocycles. The minimum absolute atomic E-state index is 0.146. The predicted octanol–water partition coefficient (Wildman–Crippen LogP) is 2.68. The SMILES string of the molecule is C#CC(C)NCc1ccc(C2CC2)cc1. The van der Waals surface area contributed by atoms with Crippen LogP contribution in [-0.4, -0.2) is 6.04 Å². The summed E-state index contributed by atoms with van der Waals surface area (Å²) in [5.41, 5.74) is 2.80. The van der Waals surface area contributed by atoms with Crippen LogP contribution in [0.15, 0.2) is 24.3 Å². The van der Waals surface area contributed by atoms with Crippen molar-refractivity contribution < 1.29 is 0 Å². The summed E-state index contributed by atoms with van der Waals surface area (Å²) in [6.45, 7) is 2.86. The molecule has 0 bridgehead atoms. The average molecular weight is 199 g/mol. The summed E-state index contributed by atoms with van der Waals surface area (Å²) in [4.78, 5) is 0. The van der Waals surface area contributed by atoms with E-state index >= 15 is 0 Å². The van der Waals surface area contributed by atoms with E-state index in [2.05, 4.69) is 35.5 Å². The third-order valence-electron chi connectivity index (χ3n) is 2.89. The van der Waals surface area contributed by atoms with Crippen LogP contribution < -0.4 is 5.32 Å². The molecule has 0 spiro atoms. The van der Waals surface area contributed by atoms with Gasteiger partial charge in [-0.05, 0) is 36.8 Å². The molecule has 1 heteroatoms. The van der Waals surface area contributed by atoms with Crippen LogP contribution in [0.1, 0.15) is 36.8 Å². The van der Waals surface area contributed by atoms with Gasteiger partial charge in [0.2, 0.25) is 0 Å². The van der Waals surface area contributed by atoms with E-state index < -0.39 is 0 Å². The van der Waals surface area contributed by atoms with Gasteiger partial charge in [0.15, 0.2) is 0 Å². The van der Waals surface area contributed by atoms with Gasteiger partial charge in [0, 0.05) is 6.54 Å². The van der Waals surface area contributed by atoms with E-state index in [1.54, 1.807) is 0 Å². The Morgan fingerprint density at radius 3 is 2.60 bits per heavy atom. The first kappa shape index (κ1) is 10.3. The summed E-state index contributed by atoms with van der Waals surface area (Å²) in [7, 11) is 0. The molecule has 0 heterocycles. The second-order valence-corrected chi connectivity index (χ2v) is 4.29. The van der Waals surface area contributed by atoms with Crippen molar-refractivity contribution >= 4 is 0 Å². The maximum Gasteiger partial charge on any atom is 0.0660 e. The Labute approximate surface area is 91.9 Å². The van der Waals surface area contributed by atoms with Gasteiger partial charge in [0.05, 0.1) is 6.04 Å². The molecule has 1 atom stereocenters. The maximum atomic E-state index is 5.30. The van der Waals surface area contributed by atoms with Crippen molar-refractivity contribution in [3.8, 4) is 12.3 Å². The minimum atomic E-state index is 0.146. The highest BCUT2D eigenvalue weighted by Crippen LogP contribution is 2.39. The lowest BCUT2D eigenvalue weighted by Crippen LogP contribution is -2.23. The zero-order chi connectivity index (χ0) is 10.7. The quantitative estimate of drug-likeness (QED) is 0.735. The van der Waals surface area contributed by atoms with Crippen molar-refractivity contribution in [2.24, 2.45) is 0 Å². The molecule has 1 saturated carbocycles. The number of hydrogen-bond donors (Lipinski definition) is 1. The average Bonchev–Trinajstić information content (AvgIpc) is 3.10. The molecule has 0 aromatic heterocycles. The molecule has 0 amide bonds. The molecule has 0 radical (unpaired) electrons. The van der Waals surface area contributed by atoms with Crippen molar-refractivity contribution in [1.82, 2.24) is 5.32 Å². The zero-order valence-corrected chi connectivity index (χ0v) is 9.16. The number of hydrogen-bond acceptors (Lipinski definition) is 1. The highest BCUT2D eigenvalue weighted by molar-refractivity contribution is 5.28. The Hall–Kier alpha value is -1.26. The molecular weight excluding hydrogens is 182 g/mol. The first-order valence-electron chi connectivity index (χ1n) is 5.58. The molecule has 1 nitrogen and oxygen atoms in total. The molecule has 1 fully saturated rings. The van der Waals surface area contributed by atoms with Gasteiger partial charge in [0.1, 0.15) is 0 Å². The van der Waals surface area contributed by atoms with Gasteiger partial charge in [-0.2, -0.15) is 0 Å². The van der Waals surface area contributed by atoms with E-state index in [4.69, 9.17) is 6.42 Å². The largest absolute Gasteiger partial charge is 0.300 e. The fraction of sp³-hybridized carbons (Fsp3) is 0.429. The van der Waals surface area contributed by atoms with Crippen molar-refractivity contribution in [3.63, 3.8) is 0 Å². The first-order chi connectivity index (χ1) is 7.29. The Morgan fingerprint density at radius 2 is 2.07 bits per heavy atom. The second-order valence-electron chi connectivity index (χ2n) is 4.29. The van der Waals surface area contributed by atoms with Crippen LogP contribution in [0.3, 0.4) is 0 Å². The summed E-state index contributed by atoms with van der Waals surface area (Å²) >= 11 is 0. The Balaban J connectivity index is 1.89. The van der Waals surface area contributed by atoms with Crippen LogP contribution in [0.25, 0.3) is 0 Å². The standard InChI is InChI=1S/C14H17N/c1-3-11(2)15-10-12-4-6-13(7-5-12)14-8-9-14/h1,4-7,11,14-15H,8-10H2,2H3. The normalized spacial score (nSPS) is 17.1. The fourth-order valence-electron chi connectivity index (χ4n) is 1.65. The molecule has 1 unspecified atom stereocenters. The van der Waals surface area contributed by atoms with Crippen molar-refractivity contribution in [3.05, 3.63) is 35.4 Å². The lowest BCUT2D eigenvalue weighted by atomic mass is 10.1. The predicted molar refractivity (Wildman–Crippen MR) is 63.6 cm³/mol. The van der Waals surface area contributed by atoms with Crippen LogP contribution in [0, 0.1) is 12.3 Å². The molecule has 1 aromatic carbocycles. The van der Waals surface area contributed by atoms with E-state index in [0.29, 0.717) is 0 Å². The number of rotatable bonds is 4. The van der Waals surface area contributed by atoms with Gasteiger partial charge in [-0.15, -0.1) is 6.42 Å². The van der Waals surface area contributed by atoms with Crippen LogP contribution in [0.2, 0.25) is 0 Å². The molecule has 1 aromatic rings. The van der Waals surface area contributed by atoms with Crippen LogP contribution in [-0.2, 0) is 6.54 Å². The van der Waals surface area contributed by atoms with E-state index in [0.717, 1.165) is 12.5 Å². The van der Waals surface area contributed by atoms with Gasteiger partial charge in [-0.1, -0.05) is 30.2 Å². The Kier molecular flexibility index (Phi) is 3.08. The lowest BCUT2D eigenvalue weighted by Gasteiger charge is -2.07. The molecule has 1 aliphatic rings. The summed E-state index contributed by atoms with van der Waals surface area (Å²) in [5, 5.41) is 3.28. The topological polar surface area (TPSA) is 12.0 Å². The van der Waals surface area contributed by atoms with E-state index in [1.807, 2.05) is 6.92 Å². The van der Waals surface area contributed by atoms with E-state index in [9.17, 15) is 0 Å². The maximum absolute atomic E-state index is 5.30. The summed E-state index contributed by atoms with van der Waals surface area (Å²) in [6.07, 6.45) is 8.03. The van der Waals surface area contributed by atoms with E-state index in [1.165, 1.54) is 24.0 Å². The summed E-state index contributed by atoms with van der Waals surface area (Å²) in [6, 6.07) is 9.03. The molecular formula is C14H17N. The first-order valence-corrected chi connectivity index (χ1v) is 5.58. The number of nitrogens with one attached hydrogen (secondary N) is 1.